The van der Waals surface area contributed by atoms with E-state index in [-0.39, 0.29) is 11.4 Å². The highest BCUT2D eigenvalue weighted by molar-refractivity contribution is 7.99. The minimum Gasteiger partial charge on any atom is -0.383 e. The highest BCUT2D eigenvalue weighted by Gasteiger charge is 2.12. The van der Waals surface area contributed by atoms with Gasteiger partial charge in [-0.3, -0.25) is 4.79 Å². The lowest BCUT2D eigenvalue weighted by atomic mass is 10.2. The Labute approximate surface area is 113 Å². The van der Waals surface area contributed by atoms with Gasteiger partial charge in [-0.25, -0.2) is 20.8 Å². The summed E-state index contributed by atoms with van der Waals surface area (Å²) in [7, 11) is 0. The fourth-order valence-electron chi connectivity index (χ4n) is 1.52. The van der Waals surface area contributed by atoms with E-state index in [1.807, 2.05) is 6.92 Å². The van der Waals surface area contributed by atoms with Gasteiger partial charge in [0.15, 0.2) is 5.16 Å². The first-order valence-electron chi connectivity index (χ1n) is 5.49. The van der Waals surface area contributed by atoms with Gasteiger partial charge in [0.25, 0.3) is 5.56 Å². The maximum absolute atomic E-state index is 11.3. The van der Waals surface area contributed by atoms with E-state index >= 15 is 0 Å². The van der Waals surface area contributed by atoms with Crippen molar-refractivity contribution >= 4 is 23.4 Å². The van der Waals surface area contributed by atoms with Crippen LogP contribution < -0.4 is 22.6 Å². The smallest absolute Gasteiger partial charge is 0.253 e. The molecule has 9 heteroatoms. The Morgan fingerprint density at radius 1 is 1.47 bits per heavy atom. The fourth-order valence-corrected chi connectivity index (χ4v) is 2.47. The van der Waals surface area contributed by atoms with Crippen LogP contribution in [0, 0.1) is 0 Å². The number of nitrogens with two attached hydrogens (primary N) is 2. The van der Waals surface area contributed by atoms with Crippen molar-refractivity contribution in [2.24, 2.45) is 5.84 Å². The molecule has 0 saturated heterocycles. The first-order chi connectivity index (χ1) is 9.13. The normalized spacial score (nSPS) is 10.4. The minimum absolute atomic E-state index is 0.163. The van der Waals surface area contributed by atoms with Crippen LogP contribution in [0.2, 0.25) is 0 Å². The largest absolute Gasteiger partial charge is 0.383 e. The first kappa shape index (κ1) is 13.3. The van der Waals surface area contributed by atoms with Crippen molar-refractivity contribution in [3.8, 4) is 0 Å². The first-order valence-corrected chi connectivity index (χ1v) is 6.31. The van der Waals surface area contributed by atoms with Gasteiger partial charge >= 0.3 is 0 Å². The fraction of sp³-hybridized carbons (Fsp3) is 0.200. The lowest BCUT2D eigenvalue weighted by Crippen LogP contribution is -2.13. The highest BCUT2D eigenvalue weighted by Crippen LogP contribution is 2.28. The number of hydrogen-bond acceptors (Lipinski definition) is 8. The van der Waals surface area contributed by atoms with Crippen LogP contribution in [0.1, 0.15) is 12.5 Å². The molecule has 0 aliphatic heterocycles. The van der Waals surface area contributed by atoms with Gasteiger partial charge in [-0.15, -0.1) is 0 Å². The molecule has 6 N–H and O–H groups in total. The van der Waals surface area contributed by atoms with E-state index in [1.165, 1.54) is 24.2 Å². The Morgan fingerprint density at radius 2 is 2.26 bits per heavy atom. The molecule has 0 aliphatic rings. The van der Waals surface area contributed by atoms with Crippen LogP contribution in [0.4, 0.5) is 11.6 Å². The molecule has 0 amide bonds. The number of aromatic amines is 1. The van der Waals surface area contributed by atoms with E-state index in [0.717, 1.165) is 5.56 Å². The van der Waals surface area contributed by atoms with Crippen LogP contribution >= 0.6 is 11.8 Å². The molecule has 0 saturated carbocycles. The van der Waals surface area contributed by atoms with Crippen LogP contribution in [0.5, 0.6) is 0 Å². The summed E-state index contributed by atoms with van der Waals surface area (Å²) in [5.41, 5.74) is 8.59. The van der Waals surface area contributed by atoms with Crippen molar-refractivity contribution in [3.05, 3.63) is 28.3 Å². The van der Waals surface area contributed by atoms with Gasteiger partial charge in [0.1, 0.15) is 23.0 Å². The van der Waals surface area contributed by atoms with Gasteiger partial charge in [-0.05, 0) is 18.2 Å². The topological polar surface area (TPSA) is 136 Å². The molecule has 2 heterocycles. The quantitative estimate of drug-likeness (QED) is 0.268. The molecule has 0 aromatic carbocycles. The van der Waals surface area contributed by atoms with Crippen molar-refractivity contribution in [2.75, 3.05) is 11.2 Å². The van der Waals surface area contributed by atoms with Gasteiger partial charge in [-0.2, -0.15) is 0 Å². The molecule has 0 spiro atoms. The number of rotatable bonds is 4. The zero-order chi connectivity index (χ0) is 13.8. The van der Waals surface area contributed by atoms with Crippen LogP contribution in [0.3, 0.4) is 0 Å². The lowest BCUT2D eigenvalue weighted by molar-refractivity contribution is 0.913. The van der Waals surface area contributed by atoms with Gasteiger partial charge in [0.05, 0.1) is 0 Å². The van der Waals surface area contributed by atoms with Crippen LogP contribution in [0.25, 0.3) is 0 Å². The molecule has 2 rings (SSSR count). The Morgan fingerprint density at radius 3 is 2.89 bits per heavy atom. The summed E-state index contributed by atoms with van der Waals surface area (Å²) in [4.78, 5) is 26.1. The molecule has 2 aromatic rings. The number of anilines is 2. The number of hydrazine groups is 1. The molecule has 0 unspecified atom stereocenters. The Kier molecular flexibility index (Phi) is 3.97. The Bertz CT molecular complexity index is 642. The Balaban J connectivity index is 2.40. The number of H-pyrrole nitrogens is 1. The summed E-state index contributed by atoms with van der Waals surface area (Å²) >= 11 is 1.20. The second kappa shape index (κ2) is 5.67. The predicted octanol–water partition coefficient (Wildman–Crippen LogP) is 0.141. The third-order valence-electron chi connectivity index (χ3n) is 2.33. The van der Waals surface area contributed by atoms with Crippen molar-refractivity contribution in [1.82, 2.24) is 19.9 Å². The molecular formula is C10H13N7OS. The van der Waals surface area contributed by atoms with E-state index in [0.29, 0.717) is 22.4 Å². The summed E-state index contributed by atoms with van der Waals surface area (Å²) in [6.45, 7) is 1.96. The number of nitrogens with zero attached hydrogens (tertiary/aromatic N) is 3. The minimum atomic E-state index is -0.306. The lowest BCUT2D eigenvalue weighted by Gasteiger charge is -2.09. The van der Waals surface area contributed by atoms with E-state index in [2.05, 4.69) is 25.4 Å². The summed E-state index contributed by atoms with van der Waals surface area (Å²) < 4.78 is 0. The number of nitrogens with one attached hydrogen (secondary N) is 2. The molecular weight excluding hydrogens is 266 g/mol. The second-order valence-electron chi connectivity index (χ2n) is 3.58. The number of nitrogen functional groups attached to an aromatic ring is 2. The van der Waals surface area contributed by atoms with Gasteiger partial charge in [0, 0.05) is 11.6 Å². The van der Waals surface area contributed by atoms with Crippen molar-refractivity contribution in [1.29, 1.82) is 0 Å². The molecule has 0 aliphatic carbocycles. The highest BCUT2D eigenvalue weighted by atomic mass is 32.2. The third-order valence-corrected chi connectivity index (χ3v) is 3.26. The van der Waals surface area contributed by atoms with E-state index in [1.54, 1.807) is 0 Å². The van der Waals surface area contributed by atoms with E-state index in [9.17, 15) is 4.79 Å². The average Bonchev–Trinajstić information content (AvgIpc) is 2.37. The zero-order valence-electron chi connectivity index (χ0n) is 10.2. The van der Waals surface area contributed by atoms with Crippen molar-refractivity contribution in [3.63, 3.8) is 0 Å². The standard InChI is InChI=1S/C10H13N7OS/c1-2-5-8(17-12)13-4-14-9(5)19-10-15-6(11)3-7(18)16-10/h3-4H,2,12H2,1H3,(H,13,14,17)(H3,11,15,16,18). The number of hydrogen-bond donors (Lipinski definition) is 4. The Hall–Kier alpha value is -2.13. The molecule has 0 atom stereocenters. The SMILES string of the molecule is CCc1c(NN)ncnc1Sc1nc(N)cc(=O)[nH]1. The molecule has 2 aromatic heterocycles. The summed E-state index contributed by atoms with van der Waals surface area (Å²) in [5.74, 6) is 6.10. The molecule has 0 bridgehead atoms. The second-order valence-corrected chi connectivity index (χ2v) is 4.56. The zero-order valence-corrected chi connectivity index (χ0v) is 11.0. The van der Waals surface area contributed by atoms with Crippen molar-refractivity contribution in [2.45, 2.75) is 23.5 Å². The maximum atomic E-state index is 11.3. The third kappa shape index (κ3) is 3.01. The van der Waals surface area contributed by atoms with Gasteiger partial charge in [0.2, 0.25) is 0 Å². The van der Waals surface area contributed by atoms with Crippen molar-refractivity contribution < 1.29 is 0 Å². The molecule has 8 nitrogen and oxygen atoms in total. The summed E-state index contributed by atoms with van der Waals surface area (Å²) in [6.07, 6.45) is 2.08. The number of aromatic nitrogens is 4. The molecule has 19 heavy (non-hydrogen) atoms. The van der Waals surface area contributed by atoms with E-state index in [4.69, 9.17) is 11.6 Å². The summed E-state index contributed by atoms with van der Waals surface area (Å²) in [6, 6.07) is 1.22. The maximum Gasteiger partial charge on any atom is 0.253 e. The predicted molar refractivity (Wildman–Crippen MR) is 72.6 cm³/mol. The van der Waals surface area contributed by atoms with Crippen LogP contribution in [-0.4, -0.2) is 19.9 Å². The molecule has 0 fully saturated rings. The van der Waals surface area contributed by atoms with Gasteiger partial charge < -0.3 is 16.1 Å². The van der Waals surface area contributed by atoms with Crippen LogP contribution in [-0.2, 0) is 6.42 Å². The molecule has 0 radical (unpaired) electrons. The monoisotopic (exact) mass is 279 g/mol. The summed E-state index contributed by atoms with van der Waals surface area (Å²) in [5, 5.41) is 1.04. The van der Waals surface area contributed by atoms with Crippen LogP contribution in [0.15, 0.2) is 27.4 Å². The average molecular weight is 279 g/mol. The van der Waals surface area contributed by atoms with Gasteiger partial charge in [-0.1, -0.05) is 6.92 Å². The molecule has 100 valence electrons. The van der Waals surface area contributed by atoms with E-state index < -0.39 is 0 Å².